The number of nitrogens with two attached hydrogens (primary N) is 1. The summed E-state index contributed by atoms with van der Waals surface area (Å²) < 4.78 is 0. The van der Waals surface area contributed by atoms with Gasteiger partial charge in [0.1, 0.15) is 0 Å². The molecular formula is C16H18N4. The summed E-state index contributed by atoms with van der Waals surface area (Å²) in [5, 5.41) is 12.2. The zero-order valence-corrected chi connectivity index (χ0v) is 11.9. The van der Waals surface area contributed by atoms with Crippen LogP contribution >= 0.6 is 0 Å². The van der Waals surface area contributed by atoms with Crippen LogP contribution in [0.5, 0.6) is 0 Å². The number of nitriles is 1. The smallest absolute Gasteiger partial charge is 0.0992 e. The highest BCUT2D eigenvalue weighted by atomic mass is 15.1. The molecule has 0 aliphatic carbocycles. The van der Waals surface area contributed by atoms with Gasteiger partial charge in [0.2, 0.25) is 0 Å². The van der Waals surface area contributed by atoms with Crippen LogP contribution in [0, 0.1) is 18.3 Å². The Morgan fingerprint density at radius 3 is 2.55 bits per heavy atom. The maximum Gasteiger partial charge on any atom is 0.0992 e. The minimum atomic E-state index is 0.585. The summed E-state index contributed by atoms with van der Waals surface area (Å²) >= 11 is 0. The van der Waals surface area contributed by atoms with E-state index in [1.165, 1.54) is 5.56 Å². The van der Waals surface area contributed by atoms with Gasteiger partial charge in [0, 0.05) is 25.5 Å². The van der Waals surface area contributed by atoms with Crippen LogP contribution < -0.4 is 16.0 Å². The van der Waals surface area contributed by atoms with Crippen LogP contribution in [0.3, 0.4) is 0 Å². The second-order valence-corrected chi connectivity index (χ2v) is 4.93. The maximum atomic E-state index is 8.95. The van der Waals surface area contributed by atoms with Crippen molar-refractivity contribution in [3.63, 3.8) is 0 Å². The number of aryl methyl sites for hydroxylation is 1. The van der Waals surface area contributed by atoms with Crippen molar-refractivity contribution in [1.29, 1.82) is 5.26 Å². The molecule has 2 aromatic carbocycles. The fraction of sp³-hybridized carbons (Fsp3) is 0.188. The van der Waals surface area contributed by atoms with E-state index in [1.54, 1.807) is 18.2 Å². The lowest BCUT2D eigenvalue weighted by Gasteiger charge is -2.18. The number of rotatable bonds is 3. The first-order chi connectivity index (χ1) is 9.51. The summed E-state index contributed by atoms with van der Waals surface area (Å²) in [6.07, 6.45) is 0. The summed E-state index contributed by atoms with van der Waals surface area (Å²) in [7, 11) is 4.02. The average Bonchev–Trinajstić information content (AvgIpc) is 2.43. The standard InChI is InChI=1S/C16H18N4/c1-11-4-6-13(9-16(11)20(2)3)19-15-8-12(10-17)5-7-14(15)18/h4-9,19H,18H2,1-3H3. The van der Waals surface area contributed by atoms with Crippen molar-refractivity contribution < 1.29 is 0 Å². The molecule has 0 atom stereocenters. The van der Waals surface area contributed by atoms with Crippen LogP contribution in [-0.4, -0.2) is 14.1 Å². The highest BCUT2D eigenvalue weighted by Gasteiger charge is 2.05. The Balaban J connectivity index is 2.35. The van der Waals surface area contributed by atoms with E-state index in [0.717, 1.165) is 17.1 Å². The van der Waals surface area contributed by atoms with E-state index in [9.17, 15) is 0 Å². The number of anilines is 4. The minimum absolute atomic E-state index is 0.585. The monoisotopic (exact) mass is 266 g/mol. The Kier molecular flexibility index (Phi) is 3.81. The molecule has 0 heterocycles. The third-order valence-corrected chi connectivity index (χ3v) is 3.15. The van der Waals surface area contributed by atoms with Gasteiger partial charge >= 0.3 is 0 Å². The highest BCUT2D eigenvalue weighted by Crippen LogP contribution is 2.28. The predicted octanol–water partition coefficient (Wildman–Crippen LogP) is 3.26. The maximum absolute atomic E-state index is 8.95. The van der Waals surface area contributed by atoms with E-state index in [-0.39, 0.29) is 0 Å². The van der Waals surface area contributed by atoms with E-state index in [1.807, 2.05) is 20.2 Å². The molecule has 0 saturated heterocycles. The van der Waals surface area contributed by atoms with Crippen molar-refractivity contribution >= 4 is 22.7 Å². The Hall–Kier alpha value is -2.67. The first-order valence-corrected chi connectivity index (χ1v) is 6.36. The van der Waals surface area contributed by atoms with Gasteiger partial charge in [-0.1, -0.05) is 6.07 Å². The summed E-state index contributed by atoms with van der Waals surface area (Å²) in [4.78, 5) is 2.07. The summed E-state index contributed by atoms with van der Waals surface area (Å²) in [6.45, 7) is 2.07. The third kappa shape index (κ3) is 2.83. The number of hydrogen-bond donors (Lipinski definition) is 2. The second-order valence-electron chi connectivity index (χ2n) is 4.93. The van der Waals surface area contributed by atoms with Gasteiger partial charge in [-0.3, -0.25) is 0 Å². The number of nitrogen functional groups attached to an aromatic ring is 1. The molecule has 20 heavy (non-hydrogen) atoms. The number of nitrogens with zero attached hydrogens (tertiary/aromatic N) is 2. The molecule has 0 aromatic heterocycles. The second kappa shape index (κ2) is 5.54. The molecular weight excluding hydrogens is 248 g/mol. The van der Waals surface area contributed by atoms with Crippen LogP contribution in [-0.2, 0) is 0 Å². The Bertz CT molecular complexity index is 669. The van der Waals surface area contributed by atoms with Gasteiger partial charge < -0.3 is 16.0 Å². The lowest BCUT2D eigenvalue weighted by atomic mass is 10.1. The quantitative estimate of drug-likeness (QED) is 0.837. The first-order valence-electron chi connectivity index (χ1n) is 6.36. The van der Waals surface area contributed by atoms with Gasteiger partial charge in [0.15, 0.2) is 0 Å². The van der Waals surface area contributed by atoms with Crippen molar-refractivity contribution in [2.24, 2.45) is 0 Å². The van der Waals surface area contributed by atoms with E-state index in [2.05, 4.69) is 35.3 Å². The van der Waals surface area contributed by atoms with Crippen molar-refractivity contribution in [3.8, 4) is 6.07 Å². The van der Waals surface area contributed by atoms with Gasteiger partial charge in [-0.2, -0.15) is 5.26 Å². The molecule has 2 rings (SSSR count). The topological polar surface area (TPSA) is 65.1 Å². The zero-order valence-electron chi connectivity index (χ0n) is 11.9. The van der Waals surface area contributed by atoms with Crippen molar-refractivity contribution in [3.05, 3.63) is 47.5 Å². The molecule has 0 aliphatic rings. The molecule has 102 valence electrons. The summed E-state index contributed by atoms with van der Waals surface area (Å²) in [6, 6.07) is 13.4. The molecule has 2 aromatic rings. The van der Waals surface area contributed by atoms with Gasteiger partial charge in [-0.05, 0) is 42.8 Å². The summed E-state index contributed by atoms with van der Waals surface area (Å²) in [5.41, 5.74) is 11.2. The molecule has 3 N–H and O–H groups in total. The molecule has 4 heteroatoms. The van der Waals surface area contributed by atoms with Crippen LogP contribution in [0.2, 0.25) is 0 Å². The van der Waals surface area contributed by atoms with E-state index >= 15 is 0 Å². The fourth-order valence-electron chi connectivity index (χ4n) is 2.06. The first kappa shape index (κ1) is 13.8. The van der Waals surface area contributed by atoms with E-state index in [4.69, 9.17) is 11.0 Å². The average molecular weight is 266 g/mol. The number of hydrogen-bond acceptors (Lipinski definition) is 4. The van der Waals surface area contributed by atoms with Crippen LogP contribution in [0.1, 0.15) is 11.1 Å². The number of nitrogens with one attached hydrogen (secondary N) is 1. The Labute approximate surface area is 119 Å². The van der Waals surface area contributed by atoms with Gasteiger partial charge in [0.25, 0.3) is 0 Å². The predicted molar refractivity (Wildman–Crippen MR) is 84.4 cm³/mol. The SMILES string of the molecule is Cc1ccc(Nc2cc(C#N)ccc2N)cc1N(C)C. The third-order valence-electron chi connectivity index (χ3n) is 3.15. The molecule has 0 saturated carbocycles. The molecule has 0 aliphatic heterocycles. The lowest BCUT2D eigenvalue weighted by Crippen LogP contribution is -2.10. The van der Waals surface area contributed by atoms with Crippen LogP contribution in [0.15, 0.2) is 36.4 Å². The van der Waals surface area contributed by atoms with Gasteiger partial charge in [-0.15, -0.1) is 0 Å². The zero-order chi connectivity index (χ0) is 14.7. The van der Waals surface area contributed by atoms with E-state index < -0.39 is 0 Å². The molecule has 0 spiro atoms. The molecule has 0 bridgehead atoms. The molecule has 0 amide bonds. The Morgan fingerprint density at radius 2 is 1.90 bits per heavy atom. The normalized spacial score (nSPS) is 9.90. The van der Waals surface area contributed by atoms with Crippen LogP contribution in [0.25, 0.3) is 0 Å². The fourth-order valence-corrected chi connectivity index (χ4v) is 2.06. The lowest BCUT2D eigenvalue weighted by molar-refractivity contribution is 1.11. The summed E-state index contributed by atoms with van der Waals surface area (Å²) in [5.74, 6) is 0. The van der Waals surface area contributed by atoms with Crippen LogP contribution in [0.4, 0.5) is 22.7 Å². The highest BCUT2D eigenvalue weighted by molar-refractivity contribution is 5.76. The van der Waals surface area contributed by atoms with Gasteiger partial charge in [0.05, 0.1) is 23.0 Å². The molecule has 0 radical (unpaired) electrons. The van der Waals surface area contributed by atoms with E-state index in [0.29, 0.717) is 11.3 Å². The Morgan fingerprint density at radius 1 is 1.15 bits per heavy atom. The molecule has 4 nitrogen and oxygen atoms in total. The van der Waals surface area contributed by atoms with Crippen molar-refractivity contribution in [2.75, 3.05) is 30.0 Å². The molecule has 0 fully saturated rings. The van der Waals surface area contributed by atoms with Gasteiger partial charge in [-0.25, -0.2) is 0 Å². The van der Waals surface area contributed by atoms with Crippen molar-refractivity contribution in [1.82, 2.24) is 0 Å². The van der Waals surface area contributed by atoms with Crippen molar-refractivity contribution in [2.45, 2.75) is 6.92 Å². The largest absolute Gasteiger partial charge is 0.397 e. The minimum Gasteiger partial charge on any atom is -0.397 e. The number of benzene rings is 2. The molecule has 0 unspecified atom stereocenters.